The van der Waals surface area contributed by atoms with E-state index >= 15 is 0 Å². The van der Waals surface area contributed by atoms with E-state index in [4.69, 9.17) is 4.42 Å². The minimum Gasteiger partial charge on any atom is -0.469 e. The summed E-state index contributed by atoms with van der Waals surface area (Å²) >= 11 is 0. The zero-order valence-corrected chi connectivity index (χ0v) is 19.7. The lowest BCUT2D eigenvalue weighted by atomic mass is 10.0. The Balaban J connectivity index is 1.73. The molecule has 0 fully saturated rings. The number of nitrogens with zero attached hydrogens (tertiary/aromatic N) is 1. The summed E-state index contributed by atoms with van der Waals surface area (Å²) in [6.07, 6.45) is 2.09. The first-order valence-corrected chi connectivity index (χ1v) is 11.5. The number of amides is 2. The normalized spacial score (nSPS) is 11.6. The van der Waals surface area contributed by atoms with Crippen LogP contribution < -0.4 is 10.2 Å². The third-order valence-electron chi connectivity index (χ3n) is 5.84. The molecule has 1 N–H and O–H groups in total. The van der Waals surface area contributed by atoms with Crippen molar-refractivity contribution in [2.24, 2.45) is 0 Å². The van der Waals surface area contributed by atoms with E-state index in [0.29, 0.717) is 35.5 Å². The van der Waals surface area contributed by atoms with Crippen molar-refractivity contribution in [2.45, 2.75) is 26.3 Å². The molecule has 0 aliphatic carbocycles. The minimum atomic E-state index is -1.02. The zero-order valence-electron chi connectivity index (χ0n) is 19.7. The Morgan fingerprint density at radius 2 is 1.69 bits per heavy atom. The van der Waals surface area contributed by atoms with E-state index in [0.717, 1.165) is 11.1 Å². The highest BCUT2D eigenvalue weighted by Crippen LogP contribution is 2.31. The highest BCUT2D eigenvalue weighted by Gasteiger charge is 2.34. The summed E-state index contributed by atoms with van der Waals surface area (Å²) in [4.78, 5) is 28.9. The number of furan rings is 1. The van der Waals surface area contributed by atoms with E-state index in [1.54, 1.807) is 19.1 Å². The van der Waals surface area contributed by atoms with Crippen molar-refractivity contribution in [1.82, 2.24) is 5.32 Å². The van der Waals surface area contributed by atoms with Gasteiger partial charge in [-0.25, -0.2) is 4.39 Å². The fourth-order valence-corrected chi connectivity index (χ4v) is 4.03. The molecule has 1 atom stereocenters. The molecule has 0 aliphatic heterocycles. The molecule has 1 unspecified atom stereocenters. The van der Waals surface area contributed by atoms with Gasteiger partial charge in [0.25, 0.3) is 5.91 Å². The monoisotopic (exact) mass is 470 g/mol. The van der Waals surface area contributed by atoms with Gasteiger partial charge in [0, 0.05) is 12.2 Å². The van der Waals surface area contributed by atoms with Crippen molar-refractivity contribution in [2.75, 3.05) is 11.4 Å². The van der Waals surface area contributed by atoms with Crippen molar-refractivity contribution in [1.29, 1.82) is 0 Å². The molecule has 6 heteroatoms. The van der Waals surface area contributed by atoms with Gasteiger partial charge in [-0.1, -0.05) is 54.6 Å². The first-order valence-electron chi connectivity index (χ1n) is 11.5. The number of carbonyl (C=O) groups excluding carboxylic acids is 2. The third kappa shape index (κ3) is 5.66. The second-order valence-corrected chi connectivity index (χ2v) is 8.39. The molecule has 2 amide bonds. The Morgan fingerprint density at radius 1 is 0.943 bits per heavy atom. The lowest BCUT2D eigenvalue weighted by molar-refractivity contribution is -0.122. The fraction of sp³-hybridized carbons (Fsp3) is 0.172. The zero-order chi connectivity index (χ0) is 24.8. The van der Waals surface area contributed by atoms with Crippen LogP contribution in [0, 0.1) is 19.7 Å². The average molecular weight is 471 g/mol. The SMILES string of the molecule is Cc1cccc(N(C(=O)c2ccoc2C)C(C(=O)NCCc2ccccc2)c2ccc(F)cc2)c1. The average Bonchev–Trinajstić information content (AvgIpc) is 3.29. The van der Waals surface area contributed by atoms with Gasteiger partial charge in [-0.05, 0) is 67.3 Å². The van der Waals surface area contributed by atoms with Gasteiger partial charge in [-0.3, -0.25) is 14.5 Å². The highest BCUT2D eigenvalue weighted by molar-refractivity contribution is 6.10. The Bertz CT molecular complexity index is 1300. The summed E-state index contributed by atoms with van der Waals surface area (Å²) in [6.45, 7) is 4.01. The van der Waals surface area contributed by atoms with Gasteiger partial charge in [0.2, 0.25) is 5.91 Å². The second-order valence-electron chi connectivity index (χ2n) is 8.39. The predicted molar refractivity (Wildman–Crippen MR) is 134 cm³/mol. The fourth-order valence-electron chi connectivity index (χ4n) is 4.03. The van der Waals surface area contributed by atoms with Gasteiger partial charge >= 0.3 is 0 Å². The maximum Gasteiger partial charge on any atom is 0.262 e. The summed E-state index contributed by atoms with van der Waals surface area (Å²) in [7, 11) is 0. The van der Waals surface area contributed by atoms with Crippen LogP contribution in [0.5, 0.6) is 0 Å². The molecule has 178 valence electrons. The van der Waals surface area contributed by atoms with E-state index in [-0.39, 0.29) is 11.8 Å². The summed E-state index contributed by atoms with van der Waals surface area (Å²) < 4.78 is 19.1. The molecule has 5 nitrogen and oxygen atoms in total. The van der Waals surface area contributed by atoms with Crippen LogP contribution in [0.2, 0.25) is 0 Å². The number of carbonyl (C=O) groups is 2. The van der Waals surface area contributed by atoms with Gasteiger partial charge in [0.1, 0.15) is 17.6 Å². The number of benzene rings is 3. The van der Waals surface area contributed by atoms with E-state index in [1.165, 1.54) is 35.4 Å². The number of anilines is 1. The number of aryl methyl sites for hydroxylation is 2. The number of hydrogen-bond acceptors (Lipinski definition) is 3. The maximum atomic E-state index is 13.8. The predicted octanol–water partition coefficient (Wildman–Crippen LogP) is 5.78. The molecule has 0 radical (unpaired) electrons. The van der Waals surface area contributed by atoms with Crippen LogP contribution in [0.25, 0.3) is 0 Å². The molecular weight excluding hydrogens is 443 g/mol. The van der Waals surface area contributed by atoms with Gasteiger partial charge in [0.15, 0.2) is 0 Å². The second kappa shape index (κ2) is 10.8. The molecule has 0 saturated heterocycles. The molecule has 0 aliphatic rings. The molecule has 3 aromatic carbocycles. The first kappa shape index (κ1) is 24.0. The Hall–Kier alpha value is -4.19. The van der Waals surface area contributed by atoms with Crippen molar-refractivity contribution in [3.05, 3.63) is 125 Å². The van der Waals surface area contributed by atoms with Crippen molar-refractivity contribution in [3.63, 3.8) is 0 Å². The molecule has 0 spiro atoms. The molecule has 4 rings (SSSR count). The molecule has 1 heterocycles. The van der Waals surface area contributed by atoms with Crippen molar-refractivity contribution in [3.8, 4) is 0 Å². The number of nitrogens with one attached hydrogen (secondary N) is 1. The van der Waals surface area contributed by atoms with Gasteiger partial charge < -0.3 is 9.73 Å². The van der Waals surface area contributed by atoms with Crippen LogP contribution in [-0.4, -0.2) is 18.4 Å². The number of rotatable bonds is 8. The maximum absolute atomic E-state index is 13.8. The molecule has 0 saturated carbocycles. The van der Waals surface area contributed by atoms with Crippen LogP contribution in [0.3, 0.4) is 0 Å². The topological polar surface area (TPSA) is 62.6 Å². The van der Waals surface area contributed by atoms with Crippen LogP contribution in [0.15, 0.2) is 95.6 Å². The van der Waals surface area contributed by atoms with Crippen LogP contribution in [0.4, 0.5) is 10.1 Å². The summed E-state index contributed by atoms with van der Waals surface area (Å²) in [5, 5.41) is 2.97. The van der Waals surface area contributed by atoms with E-state index in [2.05, 4.69) is 5.32 Å². The lowest BCUT2D eigenvalue weighted by Crippen LogP contribution is -2.44. The first-order chi connectivity index (χ1) is 16.9. The summed E-state index contributed by atoms with van der Waals surface area (Å²) in [5.41, 5.74) is 3.44. The molecule has 4 aromatic rings. The Labute approximate surface area is 204 Å². The quantitative estimate of drug-likeness (QED) is 0.355. The molecule has 35 heavy (non-hydrogen) atoms. The molecule has 1 aromatic heterocycles. The van der Waals surface area contributed by atoms with Gasteiger partial charge in [0.05, 0.1) is 11.8 Å². The van der Waals surface area contributed by atoms with E-state index in [1.807, 2.05) is 55.5 Å². The van der Waals surface area contributed by atoms with E-state index in [9.17, 15) is 14.0 Å². The van der Waals surface area contributed by atoms with Crippen molar-refractivity contribution < 1.29 is 18.4 Å². The Morgan fingerprint density at radius 3 is 2.34 bits per heavy atom. The van der Waals surface area contributed by atoms with E-state index < -0.39 is 11.9 Å². The highest BCUT2D eigenvalue weighted by atomic mass is 19.1. The van der Waals surface area contributed by atoms with Gasteiger partial charge in [-0.2, -0.15) is 0 Å². The number of hydrogen-bond donors (Lipinski definition) is 1. The van der Waals surface area contributed by atoms with Crippen LogP contribution in [-0.2, 0) is 11.2 Å². The van der Waals surface area contributed by atoms with Crippen molar-refractivity contribution >= 4 is 17.5 Å². The lowest BCUT2D eigenvalue weighted by Gasteiger charge is -2.31. The summed E-state index contributed by atoms with van der Waals surface area (Å²) in [6, 6.07) is 23.4. The smallest absolute Gasteiger partial charge is 0.262 e. The standard InChI is InChI=1S/C29H27FN2O3/c1-20-7-6-10-25(19-20)32(29(34)26-16-18-35-21(26)2)27(23-11-13-24(30)14-12-23)28(33)31-17-15-22-8-4-3-5-9-22/h3-14,16,18-19,27H,15,17H2,1-2H3,(H,31,33). The van der Waals surface area contributed by atoms with Gasteiger partial charge in [-0.15, -0.1) is 0 Å². The molecular formula is C29H27FN2O3. The largest absolute Gasteiger partial charge is 0.469 e. The van der Waals surface area contributed by atoms with Crippen LogP contribution in [0.1, 0.15) is 38.9 Å². The summed E-state index contributed by atoms with van der Waals surface area (Å²) in [5.74, 6) is -0.705. The number of halogens is 1. The minimum absolute atomic E-state index is 0.357. The Kier molecular flexibility index (Phi) is 7.41. The third-order valence-corrected chi connectivity index (χ3v) is 5.84. The molecule has 0 bridgehead atoms. The van der Waals surface area contributed by atoms with Crippen LogP contribution >= 0.6 is 0 Å².